The van der Waals surface area contributed by atoms with Crippen LogP contribution in [0.15, 0.2) is 30.5 Å². The predicted octanol–water partition coefficient (Wildman–Crippen LogP) is 3.39. The minimum Gasteiger partial charge on any atom is -0.397 e. The zero-order valence-corrected chi connectivity index (χ0v) is 11.7. The highest BCUT2D eigenvalue weighted by Crippen LogP contribution is 2.26. The summed E-state index contributed by atoms with van der Waals surface area (Å²) in [4.78, 5) is 14.7. The number of H-pyrrole nitrogens is 1. The first kappa shape index (κ1) is 13.8. The summed E-state index contributed by atoms with van der Waals surface area (Å²) in [7, 11) is 0. The molecule has 0 spiro atoms. The number of hydrogen-bond donors (Lipinski definition) is 3. The fraction of sp³-hybridized carbons (Fsp3) is 0.154. The molecule has 1 unspecified atom stereocenters. The van der Waals surface area contributed by atoms with E-state index >= 15 is 0 Å². The number of benzene rings is 1. The van der Waals surface area contributed by atoms with Gasteiger partial charge in [0.2, 0.25) is 0 Å². The van der Waals surface area contributed by atoms with Crippen LogP contribution in [0, 0.1) is 0 Å². The topological polar surface area (TPSA) is 70.9 Å². The second kappa shape index (κ2) is 5.55. The van der Waals surface area contributed by atoms with Gasteiger partial charge in [0, 0.05) is 21.9 Å². The Balaban J connectivity index is 2.12. The molecular weight excluding hydrogens is 285 g/mol. The Hall–Kier alpha value is -1.65. The van der Waals surface area contributed by atoms with E-state index in [4.69, 9.17) is 28.9 Å². The normalized spacial score (nSPS) is 12.2. The smallest absolute Gasteiger partial charge is 0.268 e. The number of anilines is 1. The van der Waals surface area contributed by atoms with Crippen molar-refractivity contribution in [3.63, 3.8) is 0 Å². The Bertz CT molecular complexity index is 610. The molecule has 0 aliphatic heterocycles. The Morgan fingerprint density at radius 3 is 2.68 bits per heavy atom. The Morgan fingerprint density at radius 1 is 1.37 bits per heavy atom. The minimum atomic E-state index is -0.241. The number of nitrogens with one attached hydrogen (secondary N) is 2. The van der Waals surface area contributed by atoms with Gasteiger partial charge in [-0.15, -0.1) is 0 Å². The van der Waals surface area contributed by atoms with Crippen LogP contribution in [0.25, 0.3) is 0 Å². The molecular formula is C13H13Cl2N3O. The zero-order chi connectivity index (χ0) is 14.0. The maximum atomic E-state index is 12.0. The second-order valence-corrected chi connectivity index (χ2v) is 5.05. The number of carbonyl (C=O) groups excluding carboxylic acids is 1. The van der Waals surface area contributed by atoms with Crippen LogP contribution >= 0.6 is 23.2 Å². The third kappa shape index (κ3) is 3.22. The summed E-state index contributed by atoms with van der Waals surface area (Å²) in [5.41, 5.74) is 7.28. The standard InChI is InChI=1S/C13H13Cl2N3O/c1-7(10-3-2-8(14)4-11(10)15)18-13(19)12-5-9(16)6-17-12/h2-7,17H,16H2,1H3,(H,18,19). The van der Waals surface area contributed by atoms with E-state index in [9.17, 15) is 4.79 Å². The van der Waals surface area contributed by atoms with Gasteiger partial charge in [-0.05, 0) is 30.7 Å². The summed E-state index contributed by atoms with van der Waals surface area (Å²) in [6, 6.07) is 6.51. The SMILES string of the molecule is CC(NC(=O)c1cc(N)c[nH]1)c1ccc(Cl)cc1Cl. The summed E-state index contributed by atoms with van der Waals surface area (Å²) < 4.78 is 0. The highest BCUT2D eigenvalue weighted by molar-refractivity contribution is 6.35. The molecule has 1 amide bonds. The maximum absolute atomic E-state index is 12.0. The molecule has 0 aliphatic carbocycles. The number of amides is 1. The maximum Gasteiger partial charge on any atom is 0.268 e. The van der Waals surface area contributed by atoms with Crippen molar-refractivity contribution in [1.29, 1.82) is 0 Å². The molecule has 6 heteroatoms. The monoisotopic (exact) mass is 297 g/mol. The van der Waals surface area contributed by atoms with Gasteiger partial charge >= 0.3 is 0 Å². The average Bonchev–Trinajstić information content (AvgIpc) is 2.75. The number of aromatic nitrogens is 1. The van der Waals surface area contributed by atoms with Crippen molar-refractivity contribution < 1.29 is 4.79 Å². The molecule has 19 heavy (non-hydrogen) atoms. The van der Waals surface area contributed by atoms with E-state index in [1.165, 1.54) is 0 Å². The Labute approximate surface area is 120 Å². The van der Waals surface area contributed by atoms with Gasteiger partial charge in [0.25, 0.3) is 5.91 Å². The molecule has 2 aromatic rings. The van der Waals surface area contributed by atoms with Crippen molar-refractivity contribution >= 4 is 34.8 Å². The molecule has 0 radical (unpaired) electrons. The van der Waals surface area contributed by atoms with E-state index in [1.54, 1.807) is 30.5 Å². The molecule has 100 valence electrons. The summed E-state index contributed by atoms with van der Waals surface area (Å²) in [5, 5.41) is 3.91. The van der Waals surface area contributed by atoms with Crippen molar-refractivity contribution in [1.82, 2.24) is 10.3 Å². The number of rotatable bonds is 3. The van der Waals surface area contributed by atoms with E-state index in [1.807, 2.05) is 6.92 Å². The molecule has 0 fully saturated rings. The average molecular weight is 298 g/mol. The lowest BCUT2D eigenvalue weighted by atomic mass is 10.1. The number of aromatic amines is 1. The van der Waals surface area contributed by atoms with Crippen LogP contribution in [0.1, 0.15) is 29.0 Å². The Morgan fingerprint density at radius 2 is 2.11 bits per heavy atom. The number of nitrogen functional groups attached to an aromatic ring is 1. The van der Waals surface area contributed by atoms with Gasteiger partial charge in [-0.3, -0.25) is 4.79 Å². The van der Waals surface area contributed by atoms with E-state index < -0.39 is 0 Å². The lowest BCUT2D eigenvalue weighted by molar-refractivity contribution is 0.0935. The zero-order valence-electron chi connectivity index (χ0n) is 10.2. The first-order chi connectivity index (χ1) is 8.97. The fourth-order valence-corrected chi connectivity index (χ4v) is 2.32. The van der Waals surface area contributed by atoms with Crippen LogP contribution in [-0.4, -0.2) is 10.9 Å². The van der Waals surface area contributed by atoms with Crippen molar-refractivity contribution in [3.8, 4) is 0 Å². The summed E-state index contributed by atoms with van der Waals surface area (Å²) in [6.45, 7) is 1.85. The first-order valence-electron chi connectivity index (χ1n) is 5.67. The van der Waals surface area contributed by atoms with Crippen LogP contribution in [0.4, 0.5) is 5.69 Å². The van der Waals surface area contributed by atoms with Crippen molar-refractivity contribution in [3.05, 3.63) is 51.8 Å². The third-order valence-corrected chi connectivity index (χ3v) is 3.29. The largest absolute Gasteiger partial charge is 0.397 e. The van der Waals surface area contributed by atoms with E-state index in [2.05, 4.69) is 10.3 Å². The quantitative estimate of drug-likeness (QED) is 0.812. The van der Waals surface area contributed by atoms with Crippen molar-refractivity contribution in [2.24, 2.45) is 0 Å². The van der Waals surface area contributed by atoms with Crippen LogP contribution in [0.5, 0.6) is 0 Å². The third-order valence-electron chi connectivity index (χ3n) is 2.73. The Kier molecular flexibility index (Phi) is 4.02. The molecule has 0 aliphatic rings. The number of nitrogens with two attached hydrogens (primary N) is 1. The van der Waals surface area contributed by atoms with Gasteiger partial charge < -0.3 is 16.0 Å². The van der Waals surface area contributed by atoms with Crippen LogP contribution in [-0.2, 0) is 0 Å². The predicted molar refractivity (Wildman–Crippen MR) is 77.5 cm³/mol. The second-order valence-electron chi connectivity index (χ2n) is 4.21. The molecule has 2 rings (SSSR count). The van der Waals surface area contributed by atoms with Gasteiger partial charge in [-0.2, -0.15) is 0 Å². The molecule has 1 atom stereocenters. The van der Waals surface area contributed by atoms with Gasteiger partial charge in [0.1, 0.15) is 5.69 Å². The lowest BCUT2D eigenvalue weighted by Gasteiger charge is -2.15. The molecule has 4 nitrogen and oxygen atoms in total. The fourth-order valence-electron chi connectivity index (χ4n) is 1.75. The molecule has 4 N–H and O–H groups in total. The summed E-state index contributed by atoms with van der Waals surface area (Å²) in [5.74, 6) is -0.241. The molecule has 0 saturated heterocycles. The molecule has 1 aromatic carbocycles. The highest BCUT2D eigenvalue weighted by atomic mass is 35.5. The summed E-state index contributed by atoms with van der Waals surface area (Å²) in [6.07, 6.45) is 1.56. The summed E-state index contributed by atoms with van der Waals surface area (Å²) >= 11 is 11.9. The number of carbonyl (C=O) groups is 1. The molecule has 0 saturated carbocycles. The number of hydrogen-bond acceptors (Lipinski definition) is 2. The van der Waals surface area contributed by atoms with Crippen LogP contribution in [0.3, 0.4) is 0 Å². The highest BCUT2D eigenvalue weighted by Gasteiger charge is 2.15. The van der Waals surface area contributed by atoms with E-state index in [0.29, 0.717) is 21.4 Å². The van der Waals surface area contributed by atoms with Crippen LogP contribution in [0.2, 0.25) is 10.0 Å². The van der Waals surface area contributed by atoms with Gasteiger partial charge in [-0.1, -0.05) is 29.3 Å². The van der Waals surface area contributed by atoms with E-state index in [0.717, 1.165) is 5.56 Å². The van der Waals surface area contributed by atoms with Crippen LogP contribution < -0.4 is 11.1 Å². The minimum absolute atomic E-state index is 0.234. The van der Waals surface area contributed by atoms with Crippen molar-refractivity contribution in [2.75, 3.05) is 5.73 Å². The molecule has 1 heterocycles. The van der Waals surface area contributed by atoms with Gasteiger partial charge in [0.15, 0.2) is 0 Å². The van der Waals surface area contributed by atoms with Gasteiger partial charge in [0.05, 0.1) is 6.04 Å². The van der Waals surface area contributed by atoms with Crippen molar-refractivity contribution in [2.45, 2.75) is 13.0 Å². The lowest BCUT2D eigenvalue weighted by Crippen LogP contribution is -2.27. The first-order valence-corrected chi connectivity index (χ1v) is 6.42. The van der Waals surface area contributed by atoms with Gasteiger partial charge in [-0.25, -0.2) is 0 Å². The number of halogens is 2. The molecule has 0 bridgehead atoms. The van der Waals surface area contributed by atoms with E-state index in [-0.39, 0.29) is 11.9 Å². The molecule has 1 aromatic heterocycles.